The number of likely N-dealkylation sites (N-methyl/N-ethyl adjacent to an activating group) is 1. The van der Waals surface area contributed by atoms with Gasteiger partial charge in [0.1, 0.15) is 6.54 Å². The molecule has 1 fully saturated rings. The summed E-state index contributed by atoms with van der Waals surface area (Å²) in [5.74, 6) is 0.204. The Morgan fingerprint density at radius 1 is 1.61 bits per heavy atom. The summed E-state index contributed by atoms with van der Waals surface area (Å²) in [5, 5.41) is 3.37. The first-order valence-corrected chi connectivity index (χ1v) is 6.76. The zero-order chi connectivity index (χ0) is 13.1. The van der Waals surface area contributed by atoms with Crippen molar-refractivity contribution in [1.82, 2.24) is 14.8 Å². The molecular formula is C14H23N3O. The Kier molecular flexibility index (Phi) is 4.07. The predicted octanol–water partition coefficient (Wildman–Crippen LogP) is 1.78. The van der Waals surface area contributed by atoms with Crippen molar-refractivity contribution in [1.29, 1.82) is 0 Å². The van der Waals surface area contributed by atoms with Crippen LogP contribution in [0.2, 0.25) is 0 Å². The minimum atomic E-state index is 0.204. The zero-order valence-corrected chi connectivity index (χ0v) is 11.5. The van der Waals surface area contributed by atoms with Gasteiger partial charge in [0.05, 0.1) is 0 Å². The van der Waals surface area contributed by atoms with E-state index in [1.54, 1.807) is 0 Å². The molecule has 1 N–H and O–H groups in total. The number of carbonyl (C=O) groups excluding carboxylic acids is 1. The number of nitrogens with zero attached hydrogens (tertiary/aromatic N) is 2. The Morgan fingerprint density at radius 3 is 2.94 bits per heavy atom. The van der Waals surface area contributed by atoms with E-state index in [-0.39, 0.29) is 5.91 Å². The maximum Gasteiger partial charge on any atom is 0.242 e. The molecule has 1 aliphatic rings. The third-order valence-corrected chi connectivity index (χ3v) is 3.59. The first-order valence-electron chi connectivity index (χ1n) is 6.76. The fourth-order valence-electron chi connectivity index (χ4n) is 2.17. The molecule has 1 amide bonds. The third-order valence-electron chi connectivity index (χ3n) is 3.59. The van der Waals surface area contributed by atoms with Crippen LogP contribution in [0.15, 0.2) is 18.5 Å². The number of carbonyl (C=O) groups is 1. The van der Waals surface area contributed by atoms with Gasteiger partial charge >= 0.3 is 0 Å². The van der Waals surface area contributed by atoms with Crippen LogP contribution >= 0.6 is 0 Å². The van der Waals surface area contributed by atoms with E-state index in [1.165, 1.54) is 5.56 Å². The second-order valence-corrected chi connectivity index (χ2v) is 5.13. The summed E-state index contributed by atoms with van der Waals surface area (Å²) in [5.41, 5.74) is 1.23. The van der Waals surface area contributed by atoms with Crippen molar-refractivity contribution >= 4 is 5.91 Å². The first-order chi connectivity index (χ1) is 8.61. The Bertz CT molecular complexity index is 409. The van der Waals surface area contributed by atoms with E-state index in [2.05, 4.69) is 31.4 Å². The van der Waals surface area contributed by atoms with Crippen LogP contribution < -0.4 is 5.32 Å². The molecule has 1 heterocycles. The minimum Gasteiger partial charge on any atom is -0.345 e. The Balaban J connectivity index is 1.91. The lowest BCUT2D eigenvalue weighted by molar-refractivity contribution is -0.131. The van der Waals surface area contributed by atoms with E-state index in [9.17, 15) is 4.79 Å². The second-order valence-electron chi connectivity index (χ2n) is 5.13. The highest BCUT2D eigenvalue weighted by molar-refractivity contribution is 5.76. The molecule has 18 heavy (non-hydrogen) atoms. The molecule has 1 aromatic heterocycles. The number of rotatable bonds is 6. The molecule has 0 spiro atoms. The molecule has 100 valence electrons. The van der Waals surface area contributed by atoms with Crippen molar-refractivity contribution in [2.24, 2.45) is 0 Å². The summed E-state index contributed by atoms with van der Waals surface area (Å²) in [4.78, 5) is 13.9. The maximum atomic E-state index is 12.0. The molecule has 1 saturated carbocycles. The highest BCUT2D eigenvalue weighted by Crippen LogP contribution is 2.25. The van der Waals surface area contributed by atoms with Gasteiger partial charge < -0.3 is 14.8 Å². The first kappa shape index (κ1) is 13.1. The summed E-state index contributed by atoms with van der Waals surface area (Å²) >= 11 is 0. The summed E-state index contributed by atoms with van der Waals surface area (Å²) in [6.45, 7) is 5.64. The highest BCUT2D eigenvalue weighted by atomic mass is 16.2. The molecule has 0 aromatic carbocycles. The second kappa shape index (κ2) is 5.57. The number of hydrogen-bond acceptors (Lipinski definition) is 2. The van der Waals surface area contributed by atoms with E-state index in [0.29, 0.717) is 18.6 Å². The van der Waals surface area contributed by atoms with Gasteiger partial charge in [-0.25, -0.2) is 0 Å². The van der Waals surface area contributed by atoms with Crippen LogP contribution in [-0.4, -0.2) is 35.0 Å². The molecule has 1 aromatic rings. The molecule has 0 aliphatic heterocycles. The van der Waals surface area contributed by atoms with E-state index < -0.39 is 0 Å². The van der Waals surface area contributed by atoms with Crippen LogP contribution in [0.5, 0.6) is 0 Å². The lowest BCUT2D eigenvalue weighted by Gasteiger charge is -2.16. The standard InChI is InChI=1S/C14H23N3O/c1-4-15-11(2)12-7-8-17(9-12)10-14(18)16(3)13-5-6-13/h7-9,11,13,15H,4-6,10H2,1-3H3. The number of amides is 1. The fraction of sp³-hybridized carbons (Fsp3) is 0.643. The average Bonchev–Trinajstić information content (AvgIpc) is 3.09. The van der Waals surface area contributed by atoms with Crippen molar-refractivity contribution in [2.45, 2.75) is 45.3 Å². The van der Waals surface area contributed by atoms with Gasteiger partial charge in [0, 0.05) is 31.5 Å². The van der Waals surface area contributed by atoms with E-state index >= 15 is 0 Å². The van der Waals surface area contributed by atoms with Gasteiger partial charge in [0.15, 0.2) is 0 Å². The zero-order valence-electron chi connectivity index (χ0n) is 11.5. The maximum absolute atomic E-state index is 12.0. The Labute approximate surface area is 109 Å². The van der Waals surface area contributed by atoms with Gasteiger partial charge in [-0.2, -0.15) is 0 Å². The normalized spacial score (nSPS) is 16.6. The lowest BCUT2D eigenvalue weighted by Crippen LogP contribution is -2.31. The largest absolute Gasteiger partial charge is 0.345 e. The van der Waals surface area contributed by atoms with Gasteiger partial charge in [0.25, 0.3) is 0 Å². The van der Waals surface area contributed by atoms with Gasteiger partial charge in [-0.3, -0.25) is 4.79 Å². The summed E-state index contributed by atoms with van der Waals surface area (Å²) < 4.78 is 1.98. The quantitative estimate of drug-likeness (QED) is 0.834. The fourth-order valence-corrected chi connectivity index (χ4v) is 2.17. The molecule has 2 rings (SSSR count). The van der Waals surface area contributed by atoms with Crippen molar-refractivity contribution in [2.75, 3.05) is 13.6 Å². The molecule has 1 unspecified atom stereocenters. The Hall–Kier alpha value is -1.29. The molecule has 0 radical (unpaired) electrons. The number of hydrogen-bond donors (Lipinski definition) is 1. The minimum absolute atomic E-state index is 0.204. The van der Waals surface area contributed by atoms with Crippen molar-refractivity contribution < 1.29 is 4.79 Å². The molecule has 0 saturated heterocycles. The SMILES string of the molecule is CCNC(C)c1ccn(CC(=O)N(C)C2CC2)c1. The average molecular weight is 249 g/mol. The summed E-state index contributed by atoms with van der Waals surface area (Å²) in [6.07, 6.45) is 6.38. The third kappa shape index (κ3) is 3.13. The smallest absolute Gasteiger partial charge is 0.242 e. The molecule has 0 bridgehead atoms. The molecule has 4 heteroatoms. The molecule has 4 nitrogen and oxygen atoms in total. The van der Waals surface area contributed by atoms with Crippen LogP contribution in [-0.2, 0) is 11.3 Å². The van der Waals surface area contributed by atoms with Gasteiger partial charge in [-0.15, -0.1) is 0 Å². The van der Waals surface area contributed by atoms with Crippen LogP contribution in [0.4, 0.5) is 0 Å². The lowest BCUT2D eigenvalue weighted by atomic mass is 10.2. The van der Waals surface area contributed by atoms with Crippen LogP contribution in [0.1, 0.15) is 38.3 Å². The predicted molar refractivity (Wildman–Crippen MR) is 72.3 cm³/mol. The molecule has 1 atom stereocenters. The van der Waals surface area contributed by atoms with Crippen LogP contribution in [0.3, 0.4) is 0 Å². The van der Waals surface area contributed by atoms with E-state index in [0.717, 1.165) is 19.4 Å². The van der Waals surface area contributed by atoms with Gasteiger partial charge in [-0.05, 0) is 37.9 Å². The van der Waals surface area contributed by atoms with E-state index in [1.807, 2.05) is 22.7 Å². The number of nitrogens with one attached hydrogen (secondary N) is 1. The summed E-state index contributed by atoms with van der Waals surface area (Å²) in [7, 11) is 1.91. The monoisotopic (exact) mass is 249 g/mol. The number of aromatic nitrogens is 1. The van der Waals surface area contributed by atoms with E-state index in [4.69, 9.17) is 0 Å². The van der Waals surface area contributed by atoms with Crippen molar-refractivity contribution in [3.05, 3.63) is 24.0 Å². The summed E-state index contributed by atoms with van der Waals surface area (Å²) in [6, 6.07) is 2.92. The molecule has 1 aliphatic carbocycles. The van der Waals surface area contributed by atoms with Crippen LogP contribution in [0.25, 0.3) is 0 Å². The van der Waals surface area contributed by atoms with Gasteiger partial charge in [-0.1, -0.05) is 6.92 Å². The Morgan fingerprint density at radius 2 is 2.33 bits per heavy atom. The van der Waals surface area contributed by atoms with Crippen LogP contribution in [0, 0.1) is 0 Å². The topological polar surface area (TPSA) is 37.3 Å². The van der Waals surface area contributed by atoms with Crippen molar-refractivity contribution in [3.63, 3.8) is 0 Å². The highest BCUT2D eigenvalue weighted by Gasteiger charge is 2.29. The van der Waals surface area contributed by atoms with Gasteiger partial charge in [0.2, 0.25) is 5.91 Å². The molecular weight excluding hydrogens is 226 g/mol. The van der Waals surface area contributed by atoms with Crippen molar-refractivity contribution in [3.8, 4) is 0 Å².